The Kier molecular flexibility index (Phi) is 1.99. The molecular weight excluding hydrogens is 163 g/mol. The Bertz CT molecular complexity index is 346. The molecule has 0 fully saturated rings. The summed E-state index contributed by atoms with van der Waals surface area (Å²) in [6.45, 7) is 0. The predicted octanol–water partition coefficient (Wildman–Crippen LogP) is -0.838. The van der Waals surface area contributed by atoms with E-state index in [1.54, 1.807) is 14.1 Å². The van der Waals surface area contributed by atoms with E-state index in [1.807, 2.05) is 0 Å². The van der Waals surface area contributed by atoms with Crippen LogP contribution in [-0.2, 0) is 0 Å². The number of aromatic nitrogens is 2. The molecule has 1 heterocycles. The van der Waals surface area contributed by atoms with Gasteiger partial charge in [0, 0.05) is 14.1 Å². The Hall–Kier alpha value is -1.59. The summed E-state index contributed by atoms with van der Waals surface area (Å²) in [5.41, 5.74) is 4.47. The summed E-state index contributed by atoms with van der Waals surface area (Å²) in [6, 6.07) is 0. The Morgan fingerprint density at radius 2 is 2.25 bits per heavy atom. The summed E-state index contributed by atoms with van der Waals surface area (Å²) in [4.78, 5) is 14.3. The van der Waals surface area contributed by atoms with Gasteiger partial charge in [0.1, 0.15) is 0 Å². The number of nitrogens with zero attached hydrogens (tertiary/aromatic N) is 3. The number of anilines is 1. The molecule has 0 atom stereocenters. The minimum Gasteiger partial charge on any atom is -0.381 e. The van der Waals surface area contributed by atoms with Crippen LogP contribution in [0.15, 0.2) is 11.0 Å². The highest BCUT2D eigenvalue weighted by Crippen LogP contribution is 1.99. The van der Waals surface area contributed by atoms with Crippen LogP contribution in [0.5, 0.6) is 0 Å². The van der Waals surface area contributed by atoms with Gasteiger partial charge < -0.3 is 10.7 Å². The van der Waals surface area contributed by atoms with Crippen LogP contribution in [0.2, 0.25) is 0 Å². The summed E-state index contributed by atoms with van der Waals surface area (Å²) < 4.78 is 13.8. The topological polar surface area (TPSA) is 64.2 Å². The van der Waals surface area contributed by atoms with Gasteiger partial charge in [0.05, 0.1) is 6.20 Å². The zero-order chi connectivity index (χ0) is 9.30. The van der Waals surface area contributed by atoms with E-state index in [0.29, 0.717) is 0 Å². The molecule has 6 heteroatoms. The van der Waals surface area contributed by atoms with E-state index in [9.17, 15) is 9.18 Å². The zero-order valence-corrected chi connectivity index (χ0v) is 6.78. The average molecular weight is 172 g/mol. The third-order valence-corrected chi connectivity index (χ3v) is 1.32. The van der Waals surface area contributed by atoms with Gasteiger partial charge in [-0.15, -0.1) is 0 Å². The summed E-state index contributed by atoms with van der Waals surface area (Å²) in [5.74, 6) is -1.08. The monoisotopic (exact) mass is 172 g/mol. The molecule has 0 unspecified atom stereocenters. The fourth-order valence-corrected chi connectivity index (χ4v) is 0.723. The smallest absolute Gasteiger partial charge is 0.368 e. The van der Waals surface area contributed by atoms with Crippen LogP contribution in [0, 0.1) is 5.82 Å². The van der Waals surface area contributed by atoms with Crippen LogP contribution in [0.25, 0.3) is 0 Å². The Morgan fingerprint density at radius 1 is 1.67 bits per heavy atom. The molecule has 0 aromatic carbocycles. The number of hydrogen-bond acceptors (Lipinski definition) is 4. The molecule has 2 N–H and O–H groups in total. The van der Waals surface area contributed by atoms with Crippen molar-refractivity contribution in [1.29, 1.82) is 0 Å². The summed E-state index contributed by atoms with van der Waals surface area (Å²) in [7, 11) is 3.19. The molecule has 5 nitrogen and oxygen atoms in total. The van der Waals surface area contributed by atoms with E-state index in [1.165, 1.54) is 5.01 Å². The second-order valence-corrected chi connectivity index (χ2v) is 2.45. The number of halogens is 1. The Morgan fingerprint density at radius 3 is 2.75 bits per heavy atom. The number of rotatable bonds is 1. The molecule has 1 rings (SSSR count). The maximum absolute atomic E-state index is 12.7. The van der Waals surface area contributed by atoms with Crippen molar-refractivity contribution in [3.05, 3.63) is 22.5 Å². The van der Waals surface area contributed by atoms with E-state index in [-0.39, 0.29) is 5.82 Å². The average Bonchev–Trinajstić information content (AvgIpc) is 1.96. The number of nitrogen functional groups attached to an aromatic ring is 1. The van der Waals surface area contributed by atoms with Crippen molar-refractivity contribution in [2.45, 2.75) is 0 Å². The maximum atomic E-state index is 12.7. The molecule has 0 bridgehead atoms. The van der Waals surface area contributed by atoms with Crippen molar-refractivity contribution in [1.82, 2.24) is 9.66 Å². The van der Waals surface area contributed by atoms with E-state index < -0.39 is 11.5 Å². The Labute approximate surface area is 68.2 Å². The molecule has 0 radical (unpaired) electrons. The molecule has 66 valence electrons. The minimum atomic E-state index is -0.705. The molecule has 0 spiro atoms. The third-order valence-electron chi connectivity index (χ3n) is 1.32. The van der Waals surface area contributed by atoms with Crippen LogP contribution in [0.3, 0.4) is 0 Å². The molecule has 0 aliphatic rings. The highest BCUT2D eigenvalue weighted by Gasteiger charge is 2.05. The molecule has 0 saturated heterocycles. The van der Waals surface area contributed by atoms with Gasteiger partial charge in [0.2, 0.25) is 0 Å². The lowest BCUT2D eigenvalue weighted by Crippen LogP contribution is -2.37. The van der Waals surface area contributed by atoms with Crippen LogP contribution < -0.4 is 16.4 Å². The SMILES string of the molecule is CN(C)n1cc(F)c(N)nc1=O. The highest BCUT2D eigenvalue weighted by atomic mass is 19.1. The number of hydrogen-bond donors (Lipinski definition) is 1. The normalized spacial score (nSPS) is 9.92. The molecule has 12 heavy (non-hydrogen) atoms. The maximum Gasteiger partial charge on any atom is 0.368 e. The molecule has 0 amide bonds. The highest BCUT2D eigenvalue weighted by molar-refractivity contribution is 5.26. The van der Waals surface area contributed by atoms with Gasteiger partial charge in [-0.3, -0.25) is 0 Å². The first-order valence-corrected chi connectivity index (χ1v) is 3.24. The van der Waals surface area contributed by atoms with Gasteiger partial charge >= 0.3 is 5.69 Å². The van der Waals surface area contributed by atoms with E-state index in [0.717, 1.165) is 10.9 Å². The molecule has 1 aromatic heterocycles. The lowest BCUT2D eigenvalue weighted by atomic mass is 10.6. The summed E-state index contributed by atoms with van der Waals surface area (Å²) in [5, 5.41) is 1.40. The lowest BCUT2D eigenvalue weighted by Gasteiger charge is -2.14. The van der Waals surface area contributed by atoms with Crippen LogP contribution in [-0.4, -0.2) is 23.8 Å². The molecule has 0 aliphatic heterocycles. The Balaban J connectivity index is 3.33. The minimum absolute atomic E-state index is 0.377. The van der Waals surface area contributed by atoms with Crippen LogP contribution in [0.1, 0.15) is 0 Å². The first-order chi connectivity index (χ1) is 5.52. The van der Waals surface area contributed by atoms with Gasteiger partial charge in [-0.1, -0.05) is 0 Å². The van der Waals surface area contributed by atoms with E-state index in [4.69, 9.17) is 5.73 Å². The van der Waals surface area contributed by atoms with Crippen LogP contribution in [0.4, 0.5) is 10.2 Å². The molecular formula is C6H9FN4O. The van der Waals surface area contributed by atoms with E-state index >= 15 is 0 Å². The molecule has 1 aromatic rings. The largest absolute Gasteiger partial charge is 0.381 e. The number of nitrogens with two attached hydrogens (primary N) is 1. The summed E-state index contributed by atoms with van der Waals surface area (Å²) >= 11 is 0. The van der Waals surface area contributed by atoms with Crippen LogP contribution >= 0.6 is 0 Å². The van der Waals surface area contributed by atoms with Crippen molar-refractivity contribution < 1.29 is 4.39 Å². The van der Waals surface area contributed by atoms with Crippen molar-refractivity contribution in [2.24, 2.45) is 0 Å². The fraction of sp³-hybridized carbons (Fsp3) is 0.333. The van der Waals surface area contributed by atoms with Crippen molar-refractivity contribution in [3.8, 4) is 0 Å². The molecule has 0 aliphatic carbocycles. The first kappa shape index (κ1) is 8.51. The second kappa shape index (κ2) is 2.80. The first-order valence-electron chi connectivity index (χ1n) is 3.24. The van der Waals surface area contributed by atoms with Gasteiger partial charge in [-0.25, -0.2) is 13.9 Å². The van der Waals surface area contributed by atoms with Gasteiger partial charge in [0.25, 0.3) is 0 Å². The van der Waals surface area contributed by atoms with Gasteiger partial charge in [0.15, 0.2) is 11.6 Å². The quantitative estimate of drug-likeness (QED) is 0.600. The third kappa shape index (κ3) is 1.36. The summed E-state index contributed by atoms with van der Waals surface area (Å²) in [6.07, 6.45) is 0.991. The van der Waals surface area contributed by atoms with E-state index in [2.05, 4.69) is 4.98 Å². The predicted molar refractivity (Wildman–Crippen MR) is 42.9 cm³/mol. The van der Waals surface area contributed by atoms with Gasteiger partial charge in [-0.05, 0) is 0 Å². The second-order valence-electron chi connectivity index (χ2n) is 2.45. The van der Waals surface area contributed by atoms with Gasteiger partial charge in [-0.2, -0.15) is 4.98 Å². The lowest BCUT2D eigenvalue weighted by molar-refractivity contribution is 0.575. The molecule has 0 saturated carbocycles. The van der Waals surface area contributed by atoms with Crippen molar-refractivity contribution >= 4 is 5.82 Å². The standard InChI is InChI=1S/C6H9FN4O/c1-10(2)11-3-4(7)5(8)9-6(11)12/h3H,1-2H3,(H2,8,9,12). The fourth-order valence-electron chi connectivity index (χ4n) is 0.723. The van der Waals surface area contributed by atoms with Crippen molar-refractivity contribution in [2.75, 3.05) is 24.8 Å². The zero-order valence-electron chi connectivity index (χ0n) is 6.78. The van der Waals surface area contributed by atoms with Crippen molar-refractivity contribution in [3.63, 3.8) is 0 Å².